The Balaban J connectivity index is 1.73. The van der Waals surface area contributed by atoms with Gasteiger partial charge in [0.05, 0.1) is 16.3 Å². The maximum absolute atomic E-state index is 13.8. The number of fused-ring (bicyclic) bond motifs is 3. The van der Waals surface area contributed by atoms with Crippen LogP contribution >= 0.6 is 23.1 Å². The predicted molar refractivity (Wildman–Crippen MR) is 120 cm³/mol. The van der Waals surface area contributed by atoms with E-state index in [1.165, 1.54) is 27.8 Å². The van der Waals surface area contributed by atoms with Crippen molar-refractivity contribution in [2.45, 2.75) is 57.4 Å². The Hall–Kier alpha value is -2.45. The van der Waals surface area contributed by atoms with Crippen molar-refractivity contribution in [1.29, 1.82) is 0 Å². The van der Waals surface area contributed by atoms with Crippen LogP contribution < -0.4 is 5.56 Å². The summed E-state index contributed by atoms with van der Waals surface area (Å²) in [6, 6.07) is 6.15. The molecular weight excluding hydrogens is 416 g/mol. The summed E-state index contributed by atoms with van der Waals surface area (Å²) < 4.78 is 7.13. The van der Waals surface area contributed by atoms with Crippen LogP contribution in [-0.2, 0) is 12.8 Å². The van der Waals surface area contributed by atoms with E-state index in [4.69, 9.17) is 9.51 Å². The van der Waals surface area contributed by atoms with Crippen LogP contribution in [0.2, 0.25) is 0 Å². The third-order valence-corrected chi connectivity index (χ3v) is 7.70. The second-order valence-corrected chi connectivity index (χ2v) is 10.2. The summed E-state index contributed by atoms with van der Waals surface area (Å²) >= 11 is 3.14. The van der Waals surface area contributed by atoms with Gasteiger partial charge in [0.15, 0.2) is 11.0 Å². The van der Waals surface area contributed by atoms with Crippen molar-refractivity contribution in [3.8, 4) is 5.69 Å². The minimum absolute atomic E-state index is 0.0164. The molecule has 0 saturated heterocycles. The molecule has 0 spiro atoms. The Kier molecular flexibility index (Phi) is 4.78. The van der Waals surface area contributed by atoms with Gasteiger partial charge in [-0.15, -0.1) is 11.3 Å². The molecule has 4 aromatic rings. The van der Waals surface area contributed by atoms with Crippen molar-refractivity contribution < 1.29 is 4.52 Å². The number of hydrogen-bond donors (Lipinski definition) is 0. The van der Waals surface area contributed by atoms with Gasteiger partial charge in [0.2, 0.25) is 5.89 Å². The van der Waals surface area contributed by atoms with Crippen molar-refractivity contribution in [2.75, 3.05) is 0 Å². The molecule has 1 aliphatic carbocycles. The molecule has 30 heavy (non-hydrogen) atoms. The summed E-state index contributed by atoms with van der Waals surface area (Å²) in [5.41, 5.74) is 4.30. The van der Waals surface area contributed by atoms with Gasteiger partial charge in [-0.25, -0.2) is 4.98 Å². The fourth-order valence-electron chi connectivity index (χ4n) is 4.06. The summed E-state index contributed by atoms with van der Waals surface area (Å²) in [4.78, 5) is 25.3. The van der Waals surface area contributed by atoms with Crippen LogP contribution in [0.4, 0.5) is 0 Å². The summed E-state index contributed by atoms with van der Waals surface area (Å²) in [6.45, 7) is 7.89. The first-order valence-corrected chi connectivity index (χ1v) is 11.7. The molecule has 154 valence electrons. The van der Waals surface area contributed by atoms with Gasteiger partial charge in [0.25, 0.3) is 5.56 Å². The normalized spacial score (nSPS) is 14.4. The van der Waals surface area contributed by atoms with Gasteiger partial charge in [-0.2, -0.15) is 4.98 Å². The average molecular weight is 439 g/mol. The zero-order valence-electron chi connectivity index (χ0n) is 17.4. The number of aryl methyl sites for hydroxylation is 5. The molecule has 3 aromatic heterocycles. The number of benzene rings is 1. The first-order valence-electron chi connectivity index (χ1n) is 10.0. The third kappa shape index (κ3) is 3.18. The maximum atomic E-state index is 13.8. The van der Waals surface area contributed by atoms with Crippen molar-refractivity contribution in [3.05, 3.63) is 61.8 Å². The Morgan fingerprint density at radius 2 is 2.03 bits per heavy atom. The molecule has 0 N–H and O–H groups in total. The van der Waals surface area contributed by atoms with E-state index >= 15 is 0 Å². The van der Waals surface area contributed by atoms with Gasteiger partial charge >= 0.3 is 0 Å². The molecule has 8 heteroatoms. The van der Waals surface area contributed by atoms with Crippen LogP contribution in [0.1, 0.15) is 51.9 Å². The van der Waals surface area contributed by atoms with E-state index in [1.54, 1.807) is 22.8 Å². The molecule has 0 radical (unpaired) electrons. The van der Waals surface area contributed by atoms with E-state index in [0.717, 1.165) is 40.7 Å². The first-order chi connectivity index (χ1) is 14.4. The van der Waals surface area contributed by atoms with E-state index in [2.05, 4.69) is 23.1 Å². The molecule has 0 saturated carbocycles. The molecule has 0 amide bonds. The Bertz CT molecular complexity index is 1340. The average Bonchev–Trinajstić information content (AvgIpc) is 3.39. The van der Waals surface area contributed by atoms with Crippen molar-refractivity contribution in [2.24, 2.45) is 0 Å². The molecule has 3 heterocycles. The summed E-state index contributed by atoms with van der Waals surface area (Å²) in [5.74, 6) is 1.13. The number of hydrogen-bond acceptors (Lipinski definition) is 7. The van der Waals surface area contributed by atoms with Gasteiger partial charge in [-0.1, -0.05) is 34.6 Å². The third-order valence-electron chi connectivity index (χ3n) is 5.47. The van der Waals surface area contributed by atoms with Crippen molar-refractivity contribution in [1.82, 2.24) is 19.7 Å². The van der Waals surface area contributed by atoms with Gasteiger partial charge in [-0.3, -0.25) is 9.36 Å². The predicted octanol–water partition coefficient (Wildman–Crippen LogP) is 5.10. The fraction of sp³-hybridized carbons (Fsp3) is 0.364. The lowest BCUT2D eigenvalue weighted by molar-refractivity contribution is 0.376. The molecule has 0 fully saturated rings. The number of thiophene rings is 1. The topological polar surface area (TPSA) is 73.8 Å². The molecule has 1 unspecified atom stereocenters. The molecule has 0 aliphatic heterocycles. The molecular formula is C22H22N4O2S2. The van der Waals surface area contributed by atoms with E-state index in [-0.39, 0.29) is 10.8 Å². The highest BCUT2D eigenvalue weighted by molar-refractivity contribution is 7.99. The maximum Gasteiger partial charge on any atom is 0.267 e. The molecule has 1 aromatic carbocycles. The zero-order valence-corrected chi connectivity index (χ0v) is 19.0. The second kappa shape index (κ2) is 7.35. The van der Waals surface area contributed by atoms with Crippen molar-refractivity contribution >= 4 is 33.3 Å². The standard InChI is InChI=1S/C22H22N4O2S2/c1-11-8-9-16(12(2)10-11)26-21(27)18-15-6-5-7-17(15)30-20(18)24-22(26)29-13(3)19-23-14(4)25-28-19/h8-10,13H,5-7H2,1-4H3. The largest absolute Gasteiger partial charge is 0.338 e. The molecule has 0 bridgehead atoms. The van der Waals surface area contributed by atoms with Crippen LogP contribution in [-0.4, -0.2) is 19.7 Å². The van der Waals surface area contributed by atoms with Gasteiger partial charge in [-0.05, 0) is 64.2 Å². The number of rotatable bonds is 4. The number of aromatic nitrogens is 4. The van der Waals surface area contributed by atoms with E-state index < -0.39 is 0 Å². The second-order valence-electron chi connectivity index (χ2n) is 7.80. The smallest absolute Gasteiger partial charge is 0.267 e. The quantitative estimate of drug-likeness (QED) is 0.326. The van der Waals surface area contributed by atoms with E-state index in [0.29, 0.717) is 16.9 Å². The highest BCUT2D eigenvalue weighted by atomic mass is 32.2. The first kappa shape index (κ1) is 19.5. The molecule has 1 atom stereocenters. The van der Waals surface area contributed by atoms with E-state index in [1.807, 2.05) is 26.0 Å². The van der Waals surface area contributed by atoms with Crippen molar-refractivity contribution in [3.63, 3.8) is 0 Å². The summed E-state index contributed by atoms with van der Waals surface area (Å²) in [6.07, 6.45) is 3.12. The highest BCUT2D eigenvalue weighted by Crippen LogP contribution is 2.39. The minimum atomic E-state index is -0.126. The summed E-state index contributed by atoms with van der Waals surface area (Å²) in [5, 5.41) is 5.22. The lowest BCUT2D eigenvalue weighted by Crippen LogP contribution is -2.23. The lowest BCUT2D eigenvalue weighted by atomic mass is 10.1. The minimum Gasteiger partial charge on any atom is -0.338 e. The fourth-order valence-corrected chi connectivity index (χ4v) is 6.31. The van der Waals surface area contributed by atoms with Crippen LogP contribution in [0.5, 0.6) is 0 Å². The SMILES string of the molecule is Cc1ccc(-n2c(SC(C)c3nc(C)no3)nc3sc4c(c3c2=O)CCC4)c(C)c1. The van der Waals surface area contributed by atoms with Gasteiger partial charge < -0.3 is 4.52 Å². The summed E-state index contributed by atoms with van der Waals surface area (Å²) in [7, 11) is 0. The van der Waals surface area contributed by atoms with Crippen LogP contribution in [0.3, 0.4) is 0 Å². The lowest BCUT2D eigenvalue weighted by Gasteiger charge is -2.16. The Morgan fingerprint density at radius 1 is 1.20 bits per heavy atom. The monoisotopic (exact) mass is 438 g/mol. The van der Waals surface area contributed by atoms with E-state index in [9.17, 15) is 4.79 Å². The Morgan fingerprint density at radius 3 is 2.77 bits per heavy atom. The Labute approximate surface area is 182 Å². The molecule has 1 aliphatic rings. The highest BCUT2D eigenvalue weighted by Gasteiger charge is 2.26. The number of thioether (sulfide) groups is 1. The van der Waals surface area contributed by atoms with Crippen LogP contribution in [0.15, 0.2) is 32.7 Å². The number of nitrogens with zero attached hydrogens (tertiary/aromatic N) is 4. The zero-order chi connectivity index (χ0) is 21.0. The van der Waals surface area contributed by atoms with Crippen LogP contribution in [0.25, 0.3) is 15.9 Å². The molecule has 6 nitrogen and oxygen atoms in total. The molecule has 5 rings (SSSR count). The van der Waals surface area contributed by atoms with Crippen LogP contribution in [0, 0.1) is 20.8 Å². The van der Waals surface area contributed by atoms with Gasteiger partial charge in [0, 0.05) is 4.88 Å². The van der Waals surface area contributed by atoms with Gasteiger partial charge in [0.1, 0.15) is 4.83 Å².